The van der Waals surface area contributed by atoms with Crippen LogP contribution < -0.4 is 10.6 Å². The van der Waals surface area contributed by atoms with E-state index in [1.165, 1.54) is 0 Å². The van der Waals surface area contributed by atoms with Crippen molar-refractivity contribution in [2.45, 2.75) is 19.4 Å². The van der Waals surface area contributed by atoms with Gasteiger partial charge in [0, 0.05) is 19.2 Å². The lowest BCUT2D eigenvalue weighted by molar-refractivity contribution is 0.195. The molecule has 1 aliphatic rings. The molecular formula is C10H16N4O. The van der Waals surface area contributed by atoms with Crippen LogP contribution in [0.4, 0.5) is 11.6 Å². The molecule has 0 spiro atoms. The zero-order chi connectivity index (χ0) is 10.5. The summed E-state index contributed by atoms with van der Waals surface area (Å²) in [5.41, 5.74) is 0. The molecule has 0 saturated carbocycles. The maximum absolute atomic E-state index is 5.29. The average molecular weight is 208 g/mol. The van der Waals surface area contributed by atoms with Gasteiger partial charge in [0.2, 0.25) is 0 Å². The first-order chi connectivity index (χ1) is 7.38. The van der Waals surface area contributed by atoms with Crippen LogP contribution in [-0.2, 0) is 4.74 Å². The number of nitrogens with zero attached hydrogens (tertiary/aromatic N) is 2. The summed E-state index contributed by atoms with van der Waals surface area (Å²) in [7, 11) is 0. The van der Waals surface area contributed by atoms with Gasteiger partial charge in [-0.3, -0.25) is 0 Å². The lowest BCUT2D eigenvalue weighted by Gasteiger charge is -2.11. The molecule has 0 bridgehead atoms. The van der Waals surface area contributed by atoms with E-state index in [1.807, 2.05) is 13.0 Å². The van der Waals surface area contributed by atoms with E-state index in [9.17, 15) is 0 Å². The highest BCUT2D eigenvalue weighted by atomic mass is 16.5. The summed E-state index contributed by atoms with van der Waals surface area (Å²) in [6, 6.07) is 2.30. The first-order valence-corrected chi connectivity index (χ1v) is 5.28. The molecular weight excluding hydrogens is 192 g/mol. The van der Waals surface area contributed by atoms with Gasteiger partial charge in [-0.15, -0.1) is 0 Å². The number of anilines is 2. The predicted octanol–water partition coefficient (Wildman–Crippen LogP) is 1.11. The van der Waals surface area contributed by atoms with Gasteiger partial charge in [0.25, 0.3) is 0 Å². The predicted molar refractivity (Wildman–Crippen MR) is 59.0 cm³/mol. The number of rotatable bonds is 4. The maximum atomic E-state index is 5.29. The van der Waals surface area contributed by atoms with Crippen LogP contribution in [0.2, 0.25) is 0 Å². The van der Waals surface area contributed by atoms with Crippen LogP contribution in [0, 0.1) is 0 Å². The molecule has 1 fully saturated rings. The second-order valence-corrected chi connectivity index (χ2v) is 3.52. The number of hydrogen-bond acceptors (Lipinski definition) is 5. The van der Waals surface area contributed by atoms with Crippen molar-refractivity contribution in [3.63, 3.8) is 0 Å². The van der Waals surface area contributed by atoms with Crippen molar-refractivity contribution in [3.8, 4) is 0 Å². The summed E-state index contributed by atoms with van der Waals surface area (Å²) in [6.45, 7) is 4.51. The van der Waals surface area contributed by atoms with Crippen molar-refractivity contribution in [1.82, 2.24) is 9.97 Å². The van der Waals surface area contributed by atoms with Crippen LogP contribution in [0.15, 0.2) is 12.4 Å². The Kier molecular flexibility index (Phi) is 3.34. The molecule has 15 heavy (non-hydrogen) atoms. The number of aromatic nitrogens is 2. The van der Waals surface area contributed by atoms with Crippen molar-refractivity contribution in [1.29, 1.82) is 0 Å². The summed E-state index contributed by atoms with van der Waals surface area (Å²) in [4.78, 5) is 8.28. The van der Waals surface area contributed by atoms with Crippen molar-refractivity contribution >= 4 is 11.6 Å². The molecule has 82 valence electrons. The summed E-state index contributed by atoms with van der Waals surface area (Å²) in [5, 5.41) is 6.47. The first-order valence-electron chi connectivity index (χ1n) is 5.28. The van der Waals surface area contributed by atoms with E-state index in [0.29, 0.717) is 6.04 Å². The van der Waals surface area contributed by atoms with Crippen LogP contribution in [-0.4, -0.2) is 35.8 Å². The molecule has 1 saturated heterocycles. The highest BCUT2D eigenvalue weighted by Gasteiger charge is 2.15. The Bertz CT molecular complexity index is 312. The van der Waals surface area contributed by atoms with Gasteiger partial charge in [-0.25, -0.2) is 9.97 Å². The van der Waals surface area contributed by atoms with Crippen LogP contribution >= 0.6 is 0 Å². The Hall–Kier alpha value is -1.36. The molecule has 1 aromatic rings. The summed E-state index contributed by atoms with van der Waals surface area (Å²) < 4.78 is 5.29. The van der Waals surface area contributed by atoms with E-state index in [4.69, 9.17) is 4.74 Å². The fourth-order valence-corrected chi connectivity index (χ4v) is 1.57. The monoisotopic (exact) mass is 208 g/mol. The van der Waals surface area contributed by atoms with Crippen molar-refractivity contribution in [3.05, 3.63) is 12.4 Å². The van der Waals surface area contributed by atoms with Gasteiger partial charge >= 0.3 is 0 Å². The summed E-state index contributed by atoms with van der Waals surface area (Å²) in [5.74, 6) is 1.71. The molecule has 0 amide bonds. The zero-order valence-corrected chi connectivity index (χ0v) is 8.86. The Morgan fingerprint density at radius 2 is 2.33 bits per heavy atom. The molecule has 1 aromatic heterocycles. The normalized spacial score (nSPS) is 20.2. The summed E-state index contributed by atoms with van der Waals surface area (Å²) in [6.07, 6.45) is 2.61. The lowest BCUT2D eigenvalue weighted by atomic mass is 10.2. The lowest BCUT2D eigenvalue weighted by Crippen LogP contribution is -2.19. The second-order valence-electron chi connectivity index (χ2n) is 3.52. The van der Waals surface area contributed by atoms with E-state index in [-0.39, 0.29) is 0 Å². The molecule has 1 unspecified atom stereocenters. The molecule has 1 aliphatic heterocycles. The van der Waals surface area contributed by atoms with Crippen LogP contribution in [0.1, 0.15) is 13.3 Å². The number of ether oxygens (including phenoxy) is 1. The van der Waals surface area contributed by atoms with Crippen molar-refractivity contribution in [2.24, 2.45) is 0 Å². The molecule has 0 radical (unpaired) electrons. The fraction of sp³-hybridized carbons (Fsp3) is 0.600. The Labute approximate surface area is 89.3 Å². The maximum Gasteiger partial charge on any atom is 0.131 e. The zero-order valence-electron chi connectivity index (χ0n) is 8.86. The standard InChI is InChI=1S/C10H16N4O/c1-2-11-9-5-10(13-7-12-9)14-8-3-4-15-6-8/h5,7-8H,2-4,6H2,1H3,(H2,11,12,13,14). The minimum atomic E-state index is 0.384. The van der Waals surface area contributed by atoms with E-state index in [2.05, 4.69) is 20.6 Å². The number of nitrogens with one attached hydrogen (secondary N) is 2. The smallest absolute Gasteiger partial charge is 0.131 e. The van der Waals surface area contributed by atoms with Crippen LogP contribution in [0.5, 0.6) is 0 Å². The fourth-order valence-electron chi connectivity index (χ4n) is 1.57. The van der Waals surface area contributed by atoms with E-state index in [1.54, 1.807) is 6.33 Å². The van der Waals surface area contributed by atoms with Gasteiger partial charge in [-0.1, -0.05) is 0 Å². The van der Waals surface area contributed by atoms with E-state index < -0.39 is 0 Å². The number of hydrogen-bond donors (Lipinski definition) is 2. The van der Waals surface area contributed by atoms with Gasteiger partial charge in [0.05, 0.1) is 12.6 Å². The molecule has 1 atom stereocenters. The summed E-state index contributed by atoms with van der Waals surface area (Å²) >= 11 is 0. The Morgan fingerprint density at radius 3 is 3.07 bits per heavy atom. The largest absolute Gasteiger partial charge is 0.379 e. The first kappa shape index (κ1) is 10.2. The quantitative estimate of drug-likeness (QED) is 0.776. The molecule has 0 aromatic carbocycles. The molecule has 0 aliphatic carbocycles. The van der Waals surface area contributed by atoms with Crippen LogP contribution in [0.3, 0.4) is 0 Å². The van der Waals surface area contributed by atoms with Gasteiger partial charge < -0.3 is 15.4 Å². The molecule has 2 heterocycles. The molecule has 2 rings (SSSR count). The Balaban J connectivity index is 1.97. The highest BCUT2D eigenvalue weighted by Crippen LogP contribution is 2.13. The minimum absolute atomic E-state index is 0.384. The second kappa shape index (κ2) is 4.93. The van der Waals surface area contributed by atoms with Crippen LogP contribution in [0.25, 0.3) is 0 Å². The van der Waals surface area contributed by atoms with Gasteiger partial charge in [0.1, 0.15) is 18.0 Å². The van der Waals surface area contributed by atoms with Crippen molar-refractivity contribution < 1.29 is 4.74 Å². The van der Waals surface area contributed by atoms with Crippen molar-refractivity contribution in [2.75, 3.05) is 30.4 Å². The molecule has 5 nitrogen and oxygen atoms in total. The third kappa shape index (κ3) is 2.79. The average Bonchev–Trinajstić information content (AvgIpc) is 2.71. The minimum Gasteiger partial charge on any atom is -0.379 e. The molecule has 2 N–H and O–H groups in total. The van der Waals surface area contributed by atoms with Gasteiger partial charge in [-0.05, 0) is 13.3 Å². The van der Waals surface area contributed by atoms with Gasteiger partial charge in [0.15, 0.2) is 0 Å². The third-order valence-electron chi connectivity index (χ3n) is 2.31. The third-order valence-corrected chi connectivity index (χ3v) is 2.31. The molecule has 5 heteroatoms. The highest BCUT2D eigenvalue weighted by molar-refractivity contribution is 5.46. The van der Waals surface area contributed by atoms with Gasteiger partial charge in [-0.2, -0.15) is 0 Å². The Morgan fingerprint density at radius 1 is 1.47 bits per heavy atom. The SMILES string of the molecule is CCNc1cc(NC2CCOC2)ncn1. The van der Waals surface area contributed by atoms with E-state index in [0.717, 1.165) is 37.8 Å². The van der Waals surface area contributed by atoms with E-state index >= 15 is 0 Å². The topological polar surface area (TPSA) is 59.1 Å².